The van der Waals surface area contributed by atoms with Gasteiger partial charge in [0.1, 0.15) is 11.8 Å². The summed E-state index contributed by atoms with van der Waals surface area (Å²) in [5.41, 5.74) is 1.46. The second kappa shape index (κ2) is 4.90. The molecule has 2 aromatic heterocycles. The van der Waals surface area contributed by atoms with Crippen molar-refractivity contribution in [3.63, 3.8) is 0 Å². The van der Waals surface area contributed by atoms with E-state index in [1.165, 1.54) is 0 Å². The van der Waals surface area contributed by atoms with Crippen LogP contribution in [0, 0.1) is 0 Å². The van der Waals surface area contributed by atoms with Crippen LogP contribution in [-0.2, 0) is 14.1 Å². The van der Waals surface area contributed by atoms with Crippen molar-refractivity contribution in [1.29, 1.82) is 0 Å². The Morgan fingerprint density at radius 1 is 1.10 bits per heavy atom. The fourth-order valence-electron chi connectivity index (χ4n) is 2.82. The van der Waals surface area contributed by atoms with Crippen LogP contribution in [0.3, 0.4) is 0 Å². The van der Waals surface area contributed by atoms with Crippen molar-refractivity contribution in [2.24, 2.45) is 14.1 Å². The molecule has 0 spiro atoms. The third-order valence-corrected chi connectivity index (χ3v) is 4.13. The molecule has 0 aromatic carbocycles. The first-order chi connectivity index (χ1) is 9.63. The fraction of sp³-hybridized carbons (Fsp3) is 0.615. The minimum absolute atomic E-state index is 0.0612. The Morgan fingerprint density at radius 2 is 1.80 bits per heavy atom. The average Bonchev–Trinajstić information content (AvgIpc) is 2.72. The quantitative estimate of drug-likeness (QED) is 0.761. The van der Waals surface area contributed by atoms with Gasteiger partial charge in [0.05, 0.1) is 0 Å². The smallest absolute Gasteiger partial charge is 0.329 e. The van der Waals surface area contributed by atoms with Crippen molar-refractivity contribution in [2.75, 3.05) is 37.6 Å². The van der Waals surface area contributed by atoms with Gasteiger partial charge in [-0.25, -0.2) is 14.8 Å². The van der Waals surface area contributed by atoms with Crippen LogP contribution >= 0.6 is 0 Å². The number of aromatic nitrogens is 4. The Morgan fingerprint density at radius 3 is 2.45 bits per heavy atom. The molecule has 0 aliphatic carbocycles. The second-order valence-electron chi connectivity index (χ2n) is 5.19. The van der Waals surface area contributed by atoms with Gasteiger partial charge in [0.25, 0.3) is 0 Å². The Balaban J connectivity index is 2.05. The van der Waals surface area contributed by atoms with Crippen molar-refractivity contribution < 1.29 is 0 Å². The lowest BCUT2D eigenvalue weighted by molar-refractivity contribution is 0.270. The molecule has 0 N–H and O–H groups in total. The second-order valence-corrected chi connectivity index (χ2v) is 5.19. The highest BCUT2D eigenvalue weighted by Crippen LogP contribution is 2.22. The first kappa shape index (κ1) is 13.1. The SMILES string of the molecule is CCN1CCN(c2ncnc3c2n(C)c(=O)n3C)CC1. The van der Waals surface area contributed by atoms with Crippen LogP contribution < -0.4 is 10.6 Å². The summed E-state index contributed by atoms with van der Waals surface area (Å²) in [5, 5.41) is 0. The molecule has 0 bridgehead atoms. The number of piperazine rings is 1. The number of likely N-dealkylation sites (N-methyl/N-ethyl adjacent to an activating group) is 1. The van der Waals surface area contributed by atoms with Crippen molar-refractivity contribution in [3.8, 4) is 0 Å². The highest BCUT2D eigenvalue weighted by Gasteiger charge is 2.22. The van der Waals surface area contributed by atoms with Crippen molar-refractivity contribution >= 4 is 17.0 Å². The zero-order valence-corrected chi connectivity index (χ0v) is 12.2. The molecule has 0 radical (unpaired) electrons. The van der Waals surface area contributed by atoms with Crippen LogP contribution in [0.1, 0.15) is 6.92 Å². The van der Waals surface area contributed by atoms with Gasteiger partial charge < -0.3 is 9.80 Å². The van der Waals surface area contributed by atoms with Gasteiger partial charge in [-0.05, 0) is 6.54 Å². The summed E-state index contributed by atoms with van der Waals surface area (Å²) in [6.45, 7) is 7.19. The van der Waals surface area contributed by atoms with E-state index in [4.69, 9.17) is 0 Å². The predicted octanol–water partition coefficient (Wildman–Crippen LogP) is -0.191. The standard InChI is InChI=1S/C13H20N6O/c1-4-18-5-7-19(8-6-18)12-10-11(14-9-15-12)17(3)13(20)16(10)2/h9H,4-8H2,1-3H3. The normalized spacial score (nSPS) is 17.1. The summed E-state index contributed by atoms with van der Waals surface area (Å²) in [5.74, 6) is 0.867. The maximum Gasteiger partial charge on any atom is 0.329 e. The summed E-state index contributed by atoms with van der Waals surface area (Å²) in [7, 11) is 3.52. The van der Waals surface area contributed by atoms with Gasteiger partial charge in [-0.15, -0.1) is 0 Å². The van der Waals surface area contributed by atoms with Gasteiger partial charge in [0, 0.05) is 40.3 Å². The highest BCUT2D eigenvalue weighted by molar-refractivity contribution is 5.84. The Kier molecular flexibility index (Phi) is 3.21. The molecule has 0 unspecified atom stereocenters. The molecule has 20 heavy (non-hydrogen) atoms. The monoisotopic (exact) mass is 276 g/mol. The summed E-state index contributed by atoms with van der Waals surface area (Å²) in [4.78, 5) is 25.4. The van der Waals surface area contributed by atoms with Gasteiger partial charge in [0.15, 0.2) is 11.5 Å². The lowest BCUT2D eigenvalue weighted by atomic mass is 10.3. The molecule has 0 saturated carbocycles. The van der Waals surface area contributed by atoms with Crippen LogP contribution in [0.2, 0.25) is 0 Å². The molecule has 1 fully saturated rings. The number of nitrogens with zero attached hydrogens (tertiary/aromatic N) is 6. The molecule has 7 heteroatoms. The Bertz CT molecular complexity index is 680. The molecule has 0 amide bonds. The third-order valence-electron chi connectivity index (χ3n) is 4.13. The van der Waals surface area contributed by atoms with Gasteiger partial charge in [-0.1, -0.05) is 6.92 Å². The van der Waals surface area contributed by atoms with E-state index in [-0.39, 0.29) is 5.69 Å². The predicted molar refractivity (Wildman–Crippen MR) is 78.1 cm³/mol. The largest absolute Gasteiger partial charge is 0.352 e. The van der Waals surface area contributed by atoms with Gasteiger partial charge >= 0.3 is 5.69 Å². The van der Waals surface area contributed by atoms with Gasteiger partial charge in [-0.2, -0.15) is 0 Å². The molecular weight excluding hydrogens is 256 g/mol. The van der Waals surface area contributed by atoms with E-state index in [1.807, 2.05) is 0 Å². The molecule has 2 aromatic rings. The molecule has 108 valence electrons. The number of hydrogen-bond donors (Lipinski definition) is 0. The molecule has 1 saturated heterocycles. The lowest BCUT2D eigenvalue weighted by Crippen LogP contribution is -2.46. The van der Waals surface area contributed by atoms with E-state index in [1.54, 1.807) is 29.6 Å². The van der Waals surface area contributed by atoms with E-state index in [2.05, 4.69) is 26.7 Å². The zero-order valence-electron chi connectivity index (χ0n) is 12.2. The van der Waals surface area contributed by atoms with Crippen LogP contribution in [0.4, 0.5) is 5.82 Å². The van der Waals surface area contributed by atoms with Crippen LogP contribution in [-0.4, -0.2) is 56.7 Å². The Labute approximate surface area is 117 Å². The number of aryl methyl sites for hydroxylation is 2. The summed E-state index contributed by atoms with van der Waals surface area (Å²) in [6, 6.07) is 0. The molecule has 7 nitrogen and oxygen atoms in total. The van der Waals surface area contributed by atoms with E-state index in [0.717, 1.165) is 44.1 Å². The summed E-state index contributed by atoms with van der Waals surface area (Å²) in [6.07, 6.45) is 1.54. The van der Waals surface area contributed by atoms with E-state index >= 15 is 0 Å². The van der Waals surface area contributed by atoms with E-state index in [0.29, 0.717) is 5.65 Å². The maximum absolute atomic E-state index is 12.1. The molecule has 1 aliphatic heterocycles. The topological polar surface area (TPSA) is 59.2 Å². The number of imidazole rings is 1. The minimum Gasteiger partial charge on any atom is -0.352 e. The van der Waals surface area contributed by atoms with E-state index in [9.17, 15) is 4.79 Å². The molecule has 3 rings (SSSR count). The highest BCUT2D eigenvalue weighted by atomic mass is 16.1. The number of anilines is 1. The average molecular weight is 276 g/mol. The summed E-state index contributed by atoms with van der Waals surface area (Å²) >= 11 is 0. The van der Waals surface area contributed by atoms with Crippen molar-refractivity contribution in [3.05, 3.63) is 16.8 Å². The van der Waals surface area contributed by atoms with Crippen LogP contribution in [0.25, 0.3) is 11.2 Å². The maximum atomic E-state index is 12.1. The van der Waals surface area contributed by atoms with Gasteiger partial charge in [0.2, 0.25) is 0 Å². The molecular formula is C13H20N6O. The third kappa shape index (κ3) is 1.89. The lowest BCUT2D eigenvalue weighted by Gasteiger charge is -2.34. The number of rotatable bonds is 2. The number of fused-ring (bicyclic) bond motifs is 1. The molecule has 3 heterocycles. The van der Waals surface area contributed by atoms with Crippen LogP contribution in [0.15, 0.2) is 11.1 Å². The molecule has 0 atom stereocenters. The van der Waals surface area contributed by atoms with Crippen molar-refractivity contribution in [1.82, 2.24) is 24.0 Å². The number of hydrogen-bond acceptors (Lipinski definition) is 5. The fourth-order valence-corrected chi connectivity index (χ4v) is 2.82. The Hall–Kier alpha value is -1.89. The summed E-state index contributed by atoms with van der Waals surface area (Å²) < 4.78 is 3.21. The molecule has 1 aliphatic rings. The van der Waals surface area contributed by atoms with Crippen molar-refractivity contribution in [2.45, 2.75) is 6.92 Å². The first-order valence-corrected chi connectivity index (χ1v) is 6.97. The van der Waals surface area contributed by atoms with E-state index < -0.39 is 0 Å². The minimum atomic E-state index is -0.0612. The van der Waals surface area contributed by atoms with Crippen LogP contribution in [0.5, 0.6) is 0 Å². The zero-order chi connectivity index (χ0) is 14.3. The van der Waals surface area contributed by atoms with Gasteiger partial charge in [-0.3, -0.25) is 9.13 Å². The first-order valence-electron chi connectivity index (χ1n) is 6.97.